The van der Waals surface area contributed by atoms with Gasteiger partial charge in [0.1, 0.15) is 0 Å². The van der Waals surface area contributed by atoms with Crippen molar-refractivity contribution < 1.29 is 21.6 Å². The Kier molecular flexibility index (Phi) is 5.59. The van der Waals surface area contributed by atoms with E-state index in [4.69, 9.17) is 5.14 Å². The minimum Gasteiger partial charge on any atom is -0.292 e. The fourth-order valence-electron chi connectivity index (χ4n) is 1.99. The molecule has 0 unspecified atom stereocenters. The summed E-state index contributed by atoms with van der Waals surface area (Å²) in [5, 5.41) is 8.05. The van der Waals surface area contributed by atoms with Crippen LogP contribution in [0.25, 0.3) is 0 Å². The van der Waals surface area contributed by atoms with Crippen LogP contribution in [0.3, 0.4) is 0 Å². The molecule has 0 aliphatic heterocycles. The van der Waals surface area contributed by atoms with Gasteiger partial charge in [-0.2, -0.15) is 5.10 Å². The van der Waals surface area contributed by atoms with E-state index >= 15 is 0 Å². The van der Waals surface area contributed by atoms with E-state index in [-0.39, 0.29) is 15.5 Å². The van der Waals surface area contributed by atoms with E-state index < -0.39 is 30.7 Å². The summed E-state index contributed by atoms with van der Waals surface area (Å²) in [5.74, 6) is -0.737. The van der Waals surface area contributed by atoms with Crippen LogP contribution in [0.2, 0.25) is 0 Å². The number of ketones is 1. The lowest BCUT2D eigenvalue weighted by atomic mass is 10.2. The zero-order chi connectivity index (χ0) is 19.5. The number of hydrogen-bond acceptors (Lipinski definition) is 7. The second-order valence-corrected chi connectivity index (χ2v) is 8.90. The Hall–Kier alpha value is -2.56. The number of nitrogens with zero attached hydrogens (tertiary/aromatic N) is 1. The number of aryl methyl sites for hydroxylation is 1. The Morgan fingerprint density at radius 2 is 1.42 bits per heavy atom. The molecule has 10 heteroatoms. The standard InChI is InChI=1S/C16H17N3O5S2/c1-11-3-7-14(8-4-11)25(21,22)16(12(2)20)19-18-13-5-9-15(10-6-13)26(17,23)24/h3-10,18H,1-2H3,(H2,17,23,24)/b19-16+. The van der Waals surface area contributed by atoms with E-state index in [0.29, 0.717) is 0 Å². The predicted octanol–water partition coefficient (Wildman–Crippen LogP) is 1.43. The Labute approximate surface area is 151 Å². The Bertz CT molecular complexity index is 1060. The normalized spacial score (nSPS) is 12.7. The van der Waals surface area contributed by atoms with Crippen molar-refractivity contribution in [2.24, 2.45) is 10.2 Å². The number of carbonyl (C=O) groups is 1. The summed E-state index contributed by atoms with van der Waals surface area (Å²) in [7, 11) is -7.94. The molecule has 8 nitrogen and oxygen atoms in total. The number of rotatable bonds is 5. The zero-order valence-corrected chi connectivity index (χ0v) is 15.6. The molecule has 2 aromatic carbocycles. The average molecular weight is 395 g/mol. The Morgan fingerprint density at radius 3 is 1.88 bits per heavy atom. The molecule has 0 bridgehead atoms. The van der Waals surface area contributed by atoms with Gasteiger partial charge in [-0.3, -0.25) is 10.2 Å². The van der Waals surface area contributed by atoms with Gasteiger partial charge in [-0.1, -0.05) is 17.7 Å². The molecular weight excluding hydrogens is 378 g/mol. The summed E-state index contributed by atoms with van der Waals surface area (Å²) in [6.07, 6.45) is 0. The van der Waals surface area contributed by atoms with Crippen LogP contribution in [0.5, 0.6) is 0 Å². The Morgan fingerprint density at radius 1 is 0.923 bits per heavy atom. The average Bonchev–Trinajstić information content (AvgIpc) is 2.54. The van der Waals surface area contributed by atoms with Crippen LogP contribution in [0.15, 0.2) is 63.4 Å². The van der Waals surface area contributed by atoms with E-state index in [2.05, 4.69) is 10.5 Å². The molecule has 2 rings (SSSR count). The van der Waals surface area contributed by atoms with Crippen molar-refractivity contribution in [3.05, 3.63) is 54.1 Å². The van der Waals surface area contributed by atoms with Crippen molar-refractivity contribution in [1.29, 1.82) is 0 Å². The summed E-state index contributed by atoms with van der Waals surface area (Å²) in [6.45, 7) is 2.90. The predicted molar refractivity (Wildman–Crippen MR) is 97.9 cm³/mol. The molecule has 26 heavy (non-hydrogen) atoms. The van der Waals surface area contributed by atoms with Gasteiger partial charge in [0.25, 0.3) is 0 Å². The highest BCUT2D eigenvalue weighted by atomic mass is 32.2. The van der Waals surface area contributed by atoms with E-state index in [1.54, 1.807) is 12.1 Å². The lowest BCUT2D eigenvalue weighted by Crippen LogP contribution is -2.24. The smallest absolute Gasteiger partial charge is 0.238 e. The number of primary sulfonamides is 1. The third-order valence-corrected chi connectivity index (χ3v) is 6.07. The number of Topliss-reactive ketones (excluding diaryl/α,β-unsaturated/α-hetero) is 1. The molecule has 0 heterocycles. The fourth-order valence-corrected chi connectivity index (χ4v) is 3.77. The molecule has 0 fully saturated rings. The molecule has 2 aromatic rings. The summed E-state index contributed by atoms with van der Waals surface area (Å²) in [5.41, 5.74) is 3.61. The molecule has 0 spiro atoms. The fraction of sp³-hybridized carbons (Fsp3) is 0.125. The van der Waals surface area contributed by atoms with Crippen molar-refractivity contribution in [1.82, 2.24) is 0 Å². The van der Waals surface area contributed by atoms with E-state index in [0.717, 1.165) is 12.5 Å². The topological polar surface area (TPSA) is 136 Å². The van der Waals surface area contributed by atoms with Gasteiger partial charge in [0.2, 0.25) is 24.9 Å². The maximum absolute atomic E-state index is 12.6. The van der Waals surface area contributed by atoms with Crippen LogP contribution >= 0.6 is 0 Å². The zero-order valence-electron chi connectivity index (χ0n) is 14.0. The van der Waals surface area contributed by atoms with E-state index in [1.807, 2.05) is 6.92 Å². The maximum Gasteiger partial charge on any atom is 0.238 e. The van der Waals surface area contributed by atoms with Crippen LogP contribution in [-0.2, 0) is 24.7 Å². The molecule has 0 saturated carbocycles. The first-order valence-electron chi connectivity index (χ1n) is 7.31. The summed E-state index contributed by atoms with van der Waals surface area (Å²) in [6, 6.07) is 11.2. The van der Waals surface area contributed by atoms with Crippen molar-refractivity contribution in [3.63, 3.8) is 0 Å². The number of hydrogen-bond donors (Lipinski definition) is 2. The number of carbonyl (C=O) groups excluding carboxylic acids is 1. The van der Waals surface area contributed by atoms with E-state index in [1.165, 1.54) is 36.4 Å². The van der Waals surface area contributed by atoms with Gasteiger partial charge < -0.3 is 0 Å². The number of sulfonamides is 1. The molecule has 0 aliphatic carbocycles. The molecule has 3 N–H and O–H groups in total. The van der Waals surface area contributed by atoms with Gasteiger partial charge in [-0.25, -0.2) is 22.0 Å². The number of sulfone groups is 1. The van der Waals surface area contributed by atoms with Gasteiger partial charge in [-0.05, 0) is 43.3 Å². The number of anilines is 1. The van der Waals surface area contributed by atoms with Crippen LogP contribution in [-0.4, -0.2) is 27.7 Å². The molecular formula is C16H17N3O5S2. The third-order valence-electron chi connectivity index (χ3n) is 3.36. The molecule has 0 atom stereocenters. The monoisotopic (exact) mass is 395 g/mol. The van der Waals surface area contributed by atoms with E-state index in [9.17, 15) is 21.6 Å². The highest BCUT2D eigenvalue weighted by molar-refractivity contribution is 8.08. The van der Waals surface area contributed by atoms with Gasteiger partial charge in [0.05, 0.1) is 15.5 Å². The first kappa shape index (κ1) is 19.8. The molecule has 0 saturated heterocycles. The highest BCUT2D eigenvalue weighted by Crippen LogP contribution is 2.16. The number of nitrogens with two attached hydrogens (primary N) is 1. The lowest BCUT2D eigenvalue weighted by Gasteiger charge is -2.07. The van der Waals surface area contributed by atoms with Crippen LogP contribution in [0.4, 0.5) is 5.69 Å². The second-order valence-electron chi connectivity index (χ2n) is 5.47. The second kappa shape index (κ2) is 7.36. The third kappa shape index (κ3) is 4.54. The highest BCUT2D eigenvalue weighted by Gasteiger charge is 2.26. The molecule has 0 amide bonds. The van der Waals surface area contributed by atoms with Crippen LogP contribution in [0, 0.1) is 6.92 Å². The number of hydrazone groups is 1. The number of nitrogens with one attached hydrogen (secondary N) is 1. The first-order valence-corrected chi connectivity index (χ1v) is 10.3. The Balaban J connectivity index is 2.35. The van der Waals surface area contributed by atoms with Crippen molar-refractivity contribution in [2.75, 3.05) is 5.43 Å². The molecule has 138 valence electrons. The SMILES string of the molecule is CC(=O)/C(=N\Nc1ccc(S(N)(=O)=O)cc1)S(=O)(=O)c1ccc(C)cc1. The maximum atomic E-state index is 12.6. The quantitative estimate of drug-likeness (QED) is 0.446. The van der Waals surface area contributed by atoms with Gasteiger partial charge in [0, 0.05) is 6.92 Å². The van der Waals surface area contributed by atoms with Gasteiger partial charge >= 0.3 is 0 Å². The minimum absolute atomic E-state index is 0.0524. The van der Waals surface area contributed by atoms with Crippen molar-refractivity contribution in [3.8, 4) is 0 Å². The summed E-state index contributed by atoms with van der Waals surface area (Å²) < 4.78 is 47.6. The van der Waals surface area contributed by atoms with Crippen LogP contribution < -0.4 is 10.6 Å². The lowest BCUT2D eigenvalue weighted by molar-refractivity contribution is -0.110. The van der Waals surface area contributed by atoms with Gasteiger partial charge in [0.15, 0.2) is 5.78 Å². The van der Waals surface area contributed by atoms with Crippen molar-refractivity contribution >= 4 is 36.4 Å². The summed E-state index contributed by atoms with van der Waals surface area (Å²) in [4.78, 5) is 11.6. The van der Waals surface area contributed by atoms with Crippen molar-refractivity contribution in [2.45, 2.75) is 23.6 Å². The van der Waals surface area contributed by atoms with Gasteiger partial charge in [-0.15, -0.1) is 0 Å². The minimum atomic E-state index is -4.10. The summed E-state index contributed by atoms with van der Waals surface area (Å²) >= 11 is 0. The molecule has 0 radical (unpaired) electrons. The molecule has 0 aromatic heterocycles. The molecule has 0 aliphatic rings. The first-order chi connectivity index (χ1) is 12.0. The largest absolute Gasteiger partial charge is 0.292 e. The number of benzene rings is 2. The van der Waals surface area contributed by atoms with Crippen LogP contribution in [0.1, 0.15) is 12.5 Å².